The summed E-state index contributed by atoms with van der Waals surface area (Å²) in [6.07, 6.45) is 5.03. The van der Waals surface area contributed by atoms with Crippen molar-refractivity contribution in [3.8, 4) is 5.75 Å². The van der Waals surface area contributed by atoms with Gasteiger partial charge in [0.15, 0.2) is 0 Å². The van der Waals surface area contributed by atoms with Gasteiger partial charge >= 0.3 is 0 Å². The summed E-state index contributed by atoms with van der Waals surface area (Å²) < 4.78 is 6.58. The van der Waals surface area contributed by atoms with Crippen molar-refractivity contribution in [2.45, 2.75) is 45.6 Å². The molecule has 1 aromatic rings. The molecule has 0 aliphatic heterocycles. The minimum atomic E-state index is 0.434. The lowest BCUT2D eigenvalue weighted by atomic mass is 10.0. The van der Waals surface area contributed by atoms with E-state index in [1.165, 1.54) is 31.2 Å². The molecule has 0 aliphatic rings. The number of unbranched alkanes of at least 4 members (excludes halogenated alkanes) is 2. The molecule has 1 N–H and O–H groups in total. The second-order valence-electron chi connectivity index (χ2n) is 4.46. The third-order valence-electron chi connectivity index (χ3n) is 3.10. The summed E-state index contributed by atoms with van der Waals surface area (Å²) in [6, 6.07) is 6.80. The van der Waals surface area contributed by atoms with Gasteiger partial charge in [-0.3, -0.25) is 0 Å². The van der Waals surface area contributed by atoms with Crippen molar-refractivity contribution in [1.29, 1.82) is 0 Å². The van der Waals surface area contributed by atoms with E-state index in [1.807, 2.05) is 20.0 Å². The molecular weight excluding hydrogens is 290 g/mol. The first-order valence-electron chi connectivity index (χ1n) is 6.82. The highest BCUT2D eigenvalue weighted by molar-refractivity contribution is 9.10. The maximum Gasteiger partial charge on any atom is 0.133 e. The van der Waals surface area contributed by atoms with Crippen molar-refractivity contribution < 1.29 is 4.74 Å². The molecule has 0 aliphatic carbocycles. The molecular formula is C15H24BrNO. The molecule has 0 bridgehead atoms. The van der Waals surface area contributed by atoms with Crippen LogP contribution >= 0.6 is 15.9 Å². The van der Waals surface area contributed by atoms with Gasteiger partial charge in [-0.05, 0) is 54.0 Å². The fraction of sp³-hybridized carbons (Fsp3) is 0.600. The largest absolute Gasteiger partial charge is 0.493 e. The van der Waals surface area contributed by atoms with E-state index in [4.69, 9.17) is 4.74 Å². The van der Waals surface area contributed by atoms with E-state index in [0.717, 1.165) is 10.2 Å². The average Bonchev–Trinajstić information content (AvgIpc) is 2.37. The summed E-state index contributed by atoms with van der Waals surface area (Å²) in [5.74, 6) is 0.921. The normalized spacial score (nSPS) is 12.4. The highest BCUT2D eigenvalue weighted by Crippen LogP contribution is 2.30. The second-order valence-corrected chi connectivity index (χ2v) is 5.31. The molecule has 1 atom stereocenters. The van der Waals surface area contributed by atoms with Crippen molar-refractivity contribution >= 4 is 15.9 Å². The van der Waals surface area contributed by atoms with E-state index in [9.17, 15) is 0 Å². The third-order valence-corrected chi connectivity index (χ3v) is 3.72. The van der Waals surface area contributed by atoms with E-state index in [2.05, 4.69) is 40.3 Å². The monoisotopic (exact) mass is 313 g/mol. The van der Waals surface area contributed by atoms with Gasteiger partial charge in [0.2, 0.25) is 0 Å². The van der Waals surface area contributed by atoms with Gasteiger partial charge in [-0.2, -0.15) is 0 Å². The summed E-state index contributed by atoms with van der Waals surface area (Å²) in [5.41, 5.74) is 1.32. The summed E-state index contributed by atoms with van der Waals surface area (Å²) in [5, 5.41) is 3.39. The molecule has 0 saturated carbocycles. The van der Waals surface area contributed by atoms with Crippen LogP contribution in [0.4, 0.5) is 0 Å². The van der Waals surface area contributed by atoms with Crippen molar-refractivity contribution in [1.82, 2.24) is 5.32 Å². The Morgan fingerprint density at radius 1 is 1.28 bits per heavy atom. The van der Waals surface area contributed by atoms with Crippen LogP contribution in [0.3, 0.4) is 0 Å². The topological polar surface area (TPSA) is 21.3 Å². The van der Waals surface area contributed by atoms with Gasteiger partial charge in [-0.25, -0.2) is 0 Å². The van der Waals surface area contributed by atoms with E-state index in [1.54, 1.807) is 0 Å². The molecule has 0 radical (unpaired) electrons. The Labute approximate surface area is 119 Å². The van der Waals surface area contributed by atoms with Gasteiger partial charge in [0.1, 0.15) is 5.75 Å². The summed E-state index contributed by atoms with van der Waals surface area (Å²) in [4.78, 5) is 0. The molecule has 0 spiro atoms. The van der Waals surface area contributed by atoms with Gasteiger partial charge in [0.05, 0.1) is 11.1 Å². The molecule has 0 fully saturated rings. The van der Waals surface area contributed by atoms with Crippen LogP contribution in [-0.2, 0) is 0 Å². The number of hydrogen-bond donors (Lipinski definition) is 1. The van der Waals surface area contributed by atoms with Crippen molar-refractivity contribution in [3.05, 3.63) is 28.2 Å². The predicted molar refractivity (Wildman–Crippen MR) is 81.3 cm³/mol. The fourth-order valence-electron chi connectivity index (χ4n) is 2.08. The van der Waals surface area contributed by atoms with E-state index in [0.29, 0.717) is 12.6 Å². The van der Waals surface area contributed by atoms with Gasteiger partial charge in [-0.15, -0.1) is 0 Å². The number of rotatable bonds is 8. The zero-order chi connectivity index (χ0) is 13.4. The molecule has 1 unspecified atom stereocenters. The van der Waals surface area contributed by atoms with Crippen LogP contribution in [0.15, 0.2) is 22.7 Å². The highest BCUT2D eigenvalue weighted by atomic mass is 79.9. The highest BCUT2D eigenvalue weighted by Gasteiger charge is 2.11. The lowest BCUT2D eigenvalue weighted by Crippen LogP contribution is -2.16. The Balaban J connectivity index is 2.71. The minimum Gasteiger partial charge on any atom is -0.493 e. The number of nitrogens with one attached hydrogen (secondary N) is 1. The Hall–Kier alpha value is -0.540. The van der Waals surface area contributed by atoms with Crippen LogP contribution in [0.2, 0.25) is 0 Å². The summed E-state index contributed by atoms with van der Waals surface area (Å²) in [6.45, 7) is 4.94. The van der Waals surface area contributed by atoms with Gasteiger partial charge in [0, 0.05) is 6.04 Å². The van der Waals surface area contributed by atoms with Crippen LogP contribution < -0.4 is 10.1 Å². The molecule has 1 aromatic carbocycles. The van der Waals surface area contributed by atoms with Crippen LogP contribution in [0.1, 0.15) is 51.1 Å². The lowest BCUT2D eigenvalue weighted by molar-refractivity contribution is 0.338. The average molecular weight is 314 g/mol. The second kappa shape index (κ2) is 8.54. The summed E-state index contributed by atoms with van der Waals surface area (Å²) in [7, 11) is 2.03. The zero-order valence-electron chi connectivity index (χ0n) is 11.6. The van der Waals surface area contributed by atoms with Crippen molar-refractivity contribution in [3.63, 3.8) is 0 Å². The lowest BCUT2D eigenvalue weighted by Gasteiger charge is -2.18. The number of hydrogen-bond acceptors (Lipinski definition) is 2. The van der Waals surface area contributed by atoms with Crippen LogP contribution in [-0.4, -0.2) is 13.7 Å². The Kier molecular flexibility index (Phi) is 7.36. The maximum atomic E-state index is 5.54. The van der Waals surface area contributed by atoms with Gasteiger partial charge in [-0.1, -0.05) is 32.3 Å². The predicted octanol–water partition coefficient (Wildman–Crippen LogP) is 4.69. The van der Waals surface area contributed by atoms with Crippen LogP contribution in [0.25, 0.3) is 0 Å². The van der Waals surface area contributed by atoms with E-state index >= 15 is 0 Å². The number of benzene rings is 1. The minimum absolute atomic E-state index is 0.434. The molecule has 2 nitrogen and oxygen atoms in total. The maximum absolute atomic E-state index is 5.54. The third kappa shape index (κ3) is 4.62. The van der Waals surface area contributed by atoms with Crippen molar-refractivity contribution in [2.75, 3.05) is 13.7 Å². The molecule has 0 saturated heterocycles. The molecule has 0 aromatic heterocycles. The molecule has 102 valence electrons. The van der Waals surface area contributed by atoms with Crippen LogP contribution in [0, 0.1) is 0 Å². The molecule has 0 heterocycles. The smallest absolute Gasteiger partial charge is 0.133 e. The SMILES string of the molecule is CCCCCC(NC)c1ccc(OCC)c(Br)c1. The first kappa shape index (κ1) is 15.5. The first-order chi connectivity index (χ1) is 8.72. The first-order valence-corrected chi connectivity index (χ1v) is 7.61. The quantitative estimate of drug-likeness (QED) is 0.703. The van der Waals surface area contributed by atoms with Gasteiger partial charge in [0.25, 0.3) is 0 Å². The fourth-order valence-corrected chi connectivity index (χ4v) is 2.59. The van der Waals surface area contributed by atoms with Crippen molar-refractivity contribution in [2.24, 2.45) is 0 Å². The molecule has 18 heavy (non-hydrogen) atoms. The number of ether oxygens (including phenoxy) is 1. The summed E-state index contributed by atoms with van der Waals surface area (Å²) >= 11 is 3.57. The zero-order valence-corrected chi connectivity index (χ0v) is 13.2. The number of halogens is 1. The molecule has 1 rings (SSSR count). The molecule has 3 heteroatoms. The Morgan fingerprint density at radius 2 is 2.06 bits per heavy atom. The van der Waals surface area contributed by atoms with Gasteiger partial charge < -0.3 is 10.1 Å². The van der Waals surface area contributed by atoms with Crippen LogP contribution in [0.5, 0.6) is 5.75 Å². The molecule has 0 amide bonds. The Bertz CT molecular complexity index is 354. The van der Waals surface area contributed by atoms with E-state index in [-0.39, 0.29) is 0 Å². The Morgan fingerprint density at radius 3 is 2.61 bits per heavy atom. The standard InChI is InChI=1S/C15H24BrNO/c1-4-6-7-8-14(17-3)12-9-10-15(18-5-2)13(16)11-12/h9-11,14,17H,4-8H2,1-3H3. The van der Waals surface area contributed by atoms with E-state index < -0.39 is 0 Å².